The van der Waals surface area contributed by atoms with Crippen molar-refractivity contribution in [2.75, 3.05) is 17.5 Å². The van der Waals surface area contributed by atoms with E-state index in [1.54, 1.807) is 36.4 Å². The van der Waals surface area contributed by atoms with Gasteiger partial charge in [0.25, 0.3) is 15.9 Å². The molecule has 0 aliphatic carbocycles. The standard InChI is InChI=1S/C24H24BrN3O4S/c1-3-32-22-11-9-21(10-12-22)28(33(30,31)23-13-7-18(2)8-14-23)17-24(29)27-26-16-19-5-4-6-20(25)15-19/h4-16H,3,17H2,1-2H3,(H,27,29)/b26-16+. The van der Waals surface area contributed by atoms with Crippen LogP contribution in [-0.2, 0) is 14.8 Å². The van der Waals surface area contributed by atoms with Gasteiger partial charge in [-0.1, -0.05) is 45.8 Å². The van der Waals surface area contributed by atoms with Crippen molar-refractivity contribution in [2.45, 2.75) is 18.7 Å². The molecule has 3 rings (SSSR count). The fourth-order valence-electron chi connectivity index (χ4n) is 2.96. The van der Waals surface area contributed by atoms with E-state index in [1.807, 2.05) is 38.1 Å². The molecule has 0 aliphatic heterocycles. The second-order valence-electron chi connectivity index (χ2n) is 7.10. The molecule has 0 saturated carbocycles. The number of rotatable bonds is 9. The lowest BCUT2D eigenvalue weighted by Gasteiger charge is -2.24. The van der Waals surface area contributed by atoms with E-state index in [0.717, 1.165) is 19.9 Å². The number of sulfonamides is 1. The van der Waals surface area contributed by atoms with E-state index in [0.29, 0.717) is 18.0 Å². The Morgan fingerprint density at radius 2 is 1.79 bits per heavy atom. The van der Waals surface area contributed by atoms with E-state index in [1.165, 1.54) is 18.3 Å². The predicted octanol–water partition coefficient (Wildman–Crippen LogP) is 4.50. The molecule has 1 amide bonds. The third-order valence-corrected chi connectivity index (χ3v) is 6.86. The van der Waals surface area contributed by atoms with E-state index in [2.05, 4.69) is 26.5 Å². The summed E-state index contributed by atoms with van der Waals surface area (Å²) in [6, 6.07) is 20.4. The molecule has 33 heavy (non-hydrogen) atoms. The van der Waals surface area contributed by atoms with E-state index in [9.17, 15) is 13.2 Å². The van der Waals surface area contributed by atoms with Crippen molar-refractivity contribution in [2.24, 2.45) is 5.10 Å². The highest BCUT2D eigenvalue weighted by Gasteiger charge is 2.27. The van der Waals surface area contributed by atoms with E-state index < -0.39 is 22.5 Å². The van der Waals surface area contributed by atoms with Gasteiger partial charge in [0.1, 0.15) is 12.3 Å². The molecule has 0 saturated heterocycles. The van der Waals surface area contributed by atoms with Gasteiger partial charge in [-0.3, -0.25) is 9.10 Å². The number of hydrazone groups is 1. The lowest BCUT2D eigenvalue weighted by Crippen LogP contribution is -2.39. The SMILES string of the molecule is CCOc1ccc(N(CC(=O)N/N=C/c2cccc(Br)c2)S(=O)(=O)c2ccc(C)cc2)cc1. The Balaban J connectivity index is 1.84. The normalized spacial score (nSPS) is 11.4. The van der Waals surface area contributed by atoms with Gasteiger partial charge in [-0.2, -0.15) is 5.10 Å². The summed E-state index contributed by atoms with van der Waals surface area (Å²) >= 11 is 3.37. The summed E-state index contributed by atoms with van der Waals surface area (Å²) in [4.78, 5) is 12.7. The molecule has 3 aromatic rings. The van der Waals surface area contributed by atoms with Crippen molar-refractivity contribution in [3.63, 3.8) is 0 Å². The summed E-state index contributed by atoms with van der Waals surface area (Å²) < 4.78 is 34.2. The van der Waals surface area contributed by atoms with Crippen molar-refractivity contribution in [1.82, 2.24) is 5.43 Å². The van der Waals surface area contributed by atoms with E-state index in [-0.39, 0.29) is 4.90 Å². The van der Waals surface area contributed by atoms with Crippen LogP contribution in [0.15, 0.2) is 87.3 Å². The number of hydrogen-bond donors (Lipinski definition) is 1. The second-order valence-corrected chi connectivity index (χ2v) is 9.88. The number of amides is 1. The maximum Gasteiger partial charge on any atom is 0.264 e. The first-order valence-electron chi connectivity index (χ1n) is 10.2. The molecule has 0 spiro atoms. The average Bonchev–Trinajstić information content (AvgIpc) is 2.79. The smallest absolute Gasteiger partial charge is 0.264 e. The van der Waals surface area contributed by atoms with Gasteiger partial charge in [-0.25, -0.2) is 13.8 Å². The van der Waals surface area contributed by atoms with Gasteiger partial charge in [0.2, 0.25) is 0 Å². The maximum absolute atomic E-state index is 13.4. The molecule has 0 atom stereocenters. The highest BCUT2D eigenvalue weighted by atomic mass is 79.9. The molecule has 0 unspecified atom stereocenters. The zero-order valence-electron chi connectivity index (χ0n) is 18.2. The van der Waals surface area contributed by atoms with Crippen LogP contribution in [0.3, 0.4) is 0 Å². The first-order valence-corrected chi connectivity index (χ1v) is 12.4. The molecule has 7 nitrogen and oxygen atoms in total. The fourth-order valence-corrected chi connectivity index (χ4v) is 4.80. The maximum atomic E-state index is 13.4. The molecule has 0 radical (unpaired) electrons. The first kappa shape index (κ1) is 24.5. The molecule has 0 bridgehead atoms. The third-order valence-electron chi connectivity index (χ3n) is 4.58. The molecular weight excluding hydrogens is 506 g/mol. The number of hydrogen-bond acceptors (Lipinski definition) is 5. The van der Waals surface area contributed by atoms with Crippen molar-refractivity contribution in [3.8, 4) is 5.75 Å². The van der Waals surface area contributed by atoms with Gasteiger partial charge in [-0.15, -0.1) is 0 Å². The van der Waals surface area contributed by atoms with Crippen LogP contribution in [0.5, 0.6) is 5.75 Å². The second kappa shape index (κ2) is 11.1. The Hall–Kier alpha value is -3.17. The lowest BCUT2D eigenvalue weighted by molar-refractivity contribution is -0.119. The summed E-state index contributed by atoms with van der Waals surface area (Å²) in [6.45, 7) is 3.78. The minimum absolute atomic E-state index is 0.0902. The first-order chi connectivity index (χ1) is 15.8. The minimum atomic E-state index is -4.00. The largest absolute Gasteiger partial charge is 0.494 e. The van der Waals surface area contributed by atoms with Gasteiger partial charge in [0.15, 0.2) is 0 Å². The molecule has 0 heterocycles. The Labute approximate surface area is 202 Å². The number of aryl methyl sites for hydroxylation is 1. The van der Waals surface area contributed by atoms with Gasteiger partial charge in [0, 0.05) is 4.47 Å². The van der Waals surface area contributed by atoms with Gasteiger partial charge in [-0.05, 0) is 67.9 Å². The molecule has 0 aliphatic rings. The van der Waals surface area contributed by atoms with Crippen LogP contribution in [0.4, 0.5) is 5.69 Å². The number of carbonyl (C=O) groups is 1. The Morgan fingerprint density at radius 3 is 2.42 bits per heavy atom. The van der Waals surface area contributed by atoms with Crippen LogP contribution >= 0.6 is 15.9 Å². The highest BCUT2D eigenvalue weighted by Crippen LogP contribution is 2.26. The molecular formula is C24H24BrN3O4S. The predicted molar refractivity (Wildman–Crippen MR) is 133 cm³/mol. The van der Waals surface area contributed by atoms with Crippen LogP contribution in [-0.4, -0.2) is 33.7 Å². The van der Waals surface area contributed by atoms with Crippen LogP contribution in [0.25, 0.3) is 0 Å². The fraction of sp³-hybridized carbons (Fsp3) is 0.167. The van der Waals surface area contributed by atoms with Crippen LogP contribution in [0.2, 0.25) is 0 Å². The summed E-state index contributed by atoms with van der Waals surface area (Å²) in [5, 5.41) is 3.95. The lowest BCUT2D eigenvalue weighted by atomic mass is 10.2. The minimum Gasteiger partial charge on any atom is -0.494 e. The van der Waals surface area contributed by atoms with Crippen molar-refractivity contribution >= 4 is 43.8 Å². The third kappa shape index (κ3) is 6.66. The number of ether oxygens (including phenoxy) is 1. The van der Waals surface area contributed by atoms with Gasteiger partial charge < -0.3 is 4.74 Å². The van der Waals surface area contributed by atoms with Crippen molar-refractivity contribution in [3.05, 3.63) is 88.4 Å². The Bertz CT molecular complexity index is 1230. The van der Waals surface area contributed by atoms with Crippen LogP contribution in [0, 0.1) is 6.92 Å². The molecule has 1 N–H and O–H groups in total. The van der Waals surface area contributed by atoms with Crippen LogP contribution < -0.4 is 14.5 Å². The number of carbonyl (C=O) groups excluding carboxylic acids is 1. The van der Waals surface area contributed by atoms with Gasteiger partial charge in [0.05, 0.1) is 23.4 Å². The number of nitrogens with one attached hydrogen (secondary N) is 1. The van der Waals surface area contributed by atoms with Crippen molar-refractivity contribution < 1.29 is 17.9 Å². The summed E-state index contributed by atoms with van der Waals surface area (Å²) in [5.74, 6) is 0.0304. The zero-order chi connectivity index (χ0) is 23.8. The highest BCUT2D eigenvalue weighted by molar-refractivity contribution is 9.10. The summed E-state index contributed by atoms with van der Waals surface area (Å²) in [5.41, 5.74) is 4.45. The quantitative estimate of drug-likeness (QED) is 0.326. The number of halogens is 1. The molecule has 0 aromatic heterocycles. The number of benzene rings is 3. The van der Waals surface area contributed by atoms with E-state index in [4.69, 9.17) is 4.74 Å². The molecule has 0 fully saturated rings. The Kier molecular flexibility index (Phi) is 8.24. The summed E-state index contributed by atoms with van der Waals surface area (Å²) in [6.07, 6.45) is 1.48. The Morgan fingerprint density at radius 1 is 1.09 bits per heavy atom. The molecule has 172 valence electrons. The average molecular weight is 530 g/mol. The molecule has 3 aromatic carbocycles. The number of anilines is 1. The monoisotopic (exact) mass is 529 g/mol. The molecule has 9 heteroatoms. The zero-order valence-corrected chi connectivity index (χ0v) is 20.6. The van der Waals surface area contributed by atoms with Gasteiger partial charge >= 0.3 is 0 Å². The topological polar surface area (TPSA) is 88.1 Å². The van der Waals surface area contributed by atoms with E-state index >= 15 is 0 Å². The summed E-state index contributed by atoms with van der Waals surface area (Å²) in [7, 11) is -4.00. The van der Waals surface area contributed by atoms with Crippen LogP contribution in [0.1, 0.15) is 18.1 Å². The van der Waals surface area contributed by atoms with Crippen molar-refractivity contribution in [1.29, 1.82) is 0 Å². The number of nitrogens with zero attached hydrogens (tertiary/aromatic N) is 2.